The summed E-state index contributed by atoms with van der Waals surface area (Å²) in [7, 11) is 3.83. The molecule has 0 spiro atoms. The number of hydrogen-bond donors (Lipinski definition) is 0. The van der Waals surface area contributed by atoms with Gasteiger partial charge in [-0.05, 0) is 6.92 Å². The van der Waals surface area contributed by atoms with Gasteiger partial charge in [-0.1, -0.05) is 0 Å². The van der Waals surface area contributed by atoms with E-state index >= 15 is 0 Å². The Bertz CT molecular complexity index is 493. The maximum absolute atomic E-state index is 5.97. The summed E-state index contributed by atoms with van der Waals surface area (Å²) in [4.78, 5) is 10.5. The number of aromatic nitrogens is 4. The SMILES string of the molecule is CC(Cl)CN(C)c1ncnc2c1cnn2C. The molecule has 0 amide bonds. The normalized spacial score (nSPS) is 13.0. The van der Waals surface area contributed by atoms with Gasteiger partial charge in [0.15, 0.2) is 5.65 Å². The van der Waals surface area contributed by atoms with E-state index in [1.165, 1.54) is 0 Å². The Hall–Kier alpha value is -1.36. The molecule has 0 aliphatic heterocycles. The van der Waals surface area contributed by atoms with Gasteiger partial charge in [0.2, 0.25) is 0 Å². The van der Waals surface area contributed by atoms with Crippen molar-refractivity contribution in [1.82, 2.24) is 19.7 Å². The lowest BCUT2D eigenvalue weighted by atomic mass is 10.3. The lowest BCUT2D eigenvalue weighted by Crippen LogP contribution is -2.25. The minimum atomic E-state index is 0.0756. The van der Waals surface area contributed by atoms with E-state index in [9.17, 15) is 0 Å². The Morgan fingerprint density at radius 3 is 2.94 bits per heavy atom. The largest absolute Gasteiger partial charge is 0.357 e. The molecule has 1 atom stereocenters. The van der Waals surface area contributed by atoms with Gasteiger partial charge in [-0.2, -0.15) is 5.10 Å². The third kappa shape index (κ3) is 1.95. The molecule has 5 nitrogen and oxygen atoms in total. The van der Waals surface area contributed by atoms with Crippen molar-refractivity contribution in [3.8, 4) is 0 Å². The van der Waals surface area contributed by atoms with Crippen LogP contribution >= 0.6 is 11.6 Å². The van der Waals surface area contributed by atoms with E-state index in [0.29, 0.717) is 0 Å². The van der Waals surface area contributed by atoms with E-state index in [4.69, 9.17) is 11.6 Å². The third-order valence-corrected chi connectivity index (χ3v) is 2.53. The molecule has 2 heterocycles. The number of fused-ring (bicyclic) bond motifs is 1. The molecule has 0 saturated heterocycles. The molecule has 0 bridgehead atoms. The van der Waals surface area contributed by atoms with Crippen molar-refractivity contribution < 1.29 is 0 Å². The van der Waals surface area contributed by atoms with Crippen LogP contribution in [0.1, 0.15) is 6.92 Å². The highest BCUT2D eigenvalue weighted by molar-refractivity contribution is 6.20. The first kappa shape index (κ1) is 11.1. The number of aryl methyl sites for hydroxylation is 1. The second-order valence-corrected chi connectivity index (χ2v) is 4.61. The molecule has 2 aromatic rings. The van der Waals surface area contributed by atoms with E-state index in [0.717, 1.165) is 23.4 Å². The van der Waals surface area contributed by atoms with E-state index < -0.39 is 0 Å². The highest BCUT2D eigenvalue weighted by Gasteiger charge is 2.12. The molecule has 0 aliphatic rings. The summed E-state index contributed by atoms with van der Waals surface area (Å²) in [6, 6.07) is 0. The monoisotopic (exact) mass is 239 g/mol. The zero-order valence-electron chi connectivity index (χ0n) is 9.55. The molecule has 0 radical (unpaired) electrons. The second-order valence-electron chi connectivity index (χ2n) is 3.86. The number of rotatable bonds is 3. The Morgan fingerprint density at radius 2 is 2.25 bits per heavy atom. The van der Waals surface area contributed by atoms with Crippen LogP contribution < -0.4 is 4.90 Å². The van der Waals surface area contributed by atoms with Crippen molar-refractivity contribution >= 4 is 28.5 Å². The summed E-state index contributed by atoms with van der Waals surface area (Å²) >= 11 is 5.97. The van der Waals surface area contributed by atoms with Crippen molar-refractivity contribution in [3.63, 3.8) is 0 Å². The highest BCUT2D eigenvalue weighted by Crippen LogP contribution is 2.21. The van der Waals surface area contributed by atoms with Gasteiger partial charge < -0.3 is 4.90 Å². The zero-order valence-corrected chi connectivity index (χ0v) is 10.3. The predicted octanol–water partition coefficient (Wildman–Crippen LogP) is 1.43. The molecule has 0 aromatic carbocycles. The molecule has 0 aliphatic carbocycles. The Labute approximate surface area is 99.0 Å². The van der Waals surface area contributed by atoms with Crippen molar-refractivity contribution in [3.05, 3.63) is 12.5 Å². The number of nitrogens with zero attached hydrogens (tertiary/aromatic N) is 5. The molecule has 1 unspecified atom stereocenters. The summed E-state index contributed by atoms with van der Waals surface area (Å²) in [6.45, 7) is 2.70. The molecule has 86 valence electrons. The van der Waals surface area contributed by atoms with E-state index in [-0.39, 0.29) is 5.38 Å². The number of anilines is 1. The van der Waals surface area contributed by atoms with Gasteiger partial charge in [0.1, 0.15) is 12.1 Å². The lowest BCUT2D eigenvalue weighted by molar-refractivity contribution is 0.784. The number of hydrogen-bond acceptors (Lipinski definition) is 4. The molecule has 0 N–H and O–H groups in total. The fourth-order valence-electron chi connectivity index (χ4n) is 1.72. The van der Waals surface area contributed by atoms with E-state index in [1.807, 2.05) is 25.9 Å². The molecular weight excluding hydrogens is 226 g/mol. The third-order valence-electron chi connectivity index (χ3n) is 2.40. The first-order valence-electron chi connectivity index (χ1n) is 5.07. The highest BCUT2D eigenvalue weighted by atomic mass is 35.5. The summed E-state index contributed by atoms with van der Waals surface area (Å²) in [6.07, 6.45) is 3.33. The predicted molar refractivity (Wildman–Crippen MR) is 64.9 cm³/mol. The van der Waals surface area contributed by atoms with Crippen LogP contribution in [0, 0.1) is 0 Å². The van der Waals surface area contributed by atoms with Crippen LogP contribution in [-0.2, 0) is 7.05 Å². The second kappa shape index (κ2) is 4.25. The first-order valence-corrected chi connectivity index (χ1v) is 5.51. The smallest absolute Gasteiger partial charge is 0.163 e. The maximum Gasteiger partial charge on any atom is 0.163 e. The summed E-state index contributed by atoms with van der Waals surface area (Å²) in [5.74, 6) is 0.866. The van der Waals surface area contributed by atoms with Gasteiger partial charge in [-0.25, -0.2) is 9.97 Å². The minimum Gasteiger partial charge on any atom is -0.357 e. The van der Waals surface area contributed by atoms with Gasteiger partial charge in [-0.15, -0.1) is 11.6 Å². The van der Waals surface area contributed by atoms with E-state index in [1.54, 1.807) is 17.2 Å². The average Bonchev–Trinajstić information content (AvgIpc) is 2.59. The Morgan fingerprint density at radius 1 is 1.50 bits per heavy atom. The topological polar surface area (TPSA) is 46.8 Å². The van der Waals surface area contributed by atoms with Crippen LogP contribution in [0.5, 0.6) is 0 Å². The lowest BCUT2D eigenvalue weighted by Gasteiger charge is -2.19. The van der Waals surface area contributed by atoms with Gasteiger partial charge in [0.05, 0.1) is 11.6 Å². The zero-order chi connectivity index (χ0) is 11.7. The van der Waals surface area contributed by atoms with Crippen molar-refractivity contribution in [1.29, 1.82) is 0 Å². The van der Waals surface area contributed by atoms with Crippen LogP contribution in [-0.4, -0.2) is 38.7 Å². The van der Waals surface area contributed by atoms with E-state index in [2.05, 4.69) is 15.1 Å². The Kier molecular flexibility index (Phi) is 2.96. The molecule has 2 rings (SSSR count). The van der Waals surface area contributed by atoms with Crippen molar-refractivity contribution in [2.24, 2.45) is 7.05 Å². The number of halogens is 1. The average molecular weight is 240 g/mol. The van der Waals surface area contributed by atoms with Crippen LogP contribution in [0.4, 0.5) is 5.82 Å². The maximum atomic E-state index is 5.97. The summed E-state index contributed by atoms with van der Waals surface area (Å²) < 4.78 is 1.73. The summed E-state index contributed by atoms with van der Waals surface area (Å²) in [5, 5.41) is 5.20. The van der Waals surface area contributed by atoms with Gasteiger partial charge in [0.25, 0.3) is 0 Å². The van der Waals surface area contributed by atoms with Crippen molar-refractivity contribution in [2.75, 3.05) is 18.5 Å². The molecule has 6 heteroatoms. The molecular formula is C10H14ClN5. The molecule has 0 fully saturated rings. The fraction of sp³-hybridized carbons (Fsp3) is 0.500. The Balaban J connectivity index is 2.44. The van der Waals surface area contributed by atoms with Gasteiger partial charge >= 0.3 is 0 Å². The quantitative estimate of drug-likeness (QED) is 0.761. The standard InChI is InChI=1S/C10H14ClN5/c1-7(11)5-15(2)9-8-4-14-16(3)10(8)13-6-12-9/h4,6-7H,5H2,1-3H3. The van der Waals surface area contributed by atoms with Crippen LogP contribution in [0.25, 0.3) is 11.0 Å². The van der Waals surface area contributed by atoms with Crippen LogP contribution in [0.15, 0.2) is 12.5 Å². The van der Waals surface area contributed by atoms with Gasteiger partial charge in [-0.3, -0.25) is 4.68 Å². The number of alkyl halides is 1. The minimum absolute atomic E-state index is 0.0756. The molecule has 2 aromatic heterocycles. The van der Waals surface area contributed by atoms with Crippen molar-refractivity contribution in [2.45, 2.75) is 12.3 Å². The molecule has 16 heavy (non-hydrogen) atoms. The van der Waals surface area contributed by atoms with Crippen LogP contribution in [0.2, 0.25) is 0 Å². The van der Waals surface area contributed by atoms with Gasteiger partial charge in [0, 0.05) is 26.0 Å². The fourth-order valence-corrected chi connectivity index (χ4v) is 1.92. The van der Waals surface area contributed by atoms with Crippen LogP contribution in [0.3, 0.4) is 0 Å². The molecule has 0 saturated carbocycles. The summed E-state index contributed by atoms with van der Waals surface area (Å²) in [5.41, 5.74) is 0.832. The first-order chi connectivity index (χ1) is 7.59.